The molecule has 2 aromatic carbocycles. The van der Waals surface area contributed by atoms with Crippen LogP contribution in [0.4, 0.5) is 13.2 Å². The molecule has 1 N–H and O–H groups in total. The minimum atomic E-state index is -4.63. The molecule has 1 aliphatic rings. The molecule has 160 valence electrons. The van der Waals surface area contributed by atoms with E-state index in [0.717, 1.165) is 37.4 Å². The smallest absolute Gasteiger partial charge is 0.344 e. The van der Waals surface area contributed by atoms with Crippen LogP contribution in [0.3, 0.4) is 0 Å². The van der Waals surface area contributed by atoms with Crippen molar-refractivity contribution in [2.24, 2.45) is 0 Å². The molecule has 7 heteroatoms. The number of alkyl halides is 3. The van der Waals surface area contributed by atoms with Gasteiger partial charge in [0.2, 0.25) is 0 Å². The lowest BCUT2D eigenvalue weighted by Crippen LogP contribution is -2.48. The first kappa shape index (κ1) is 22.4. The van der Waals surface area contributed by atoms with Gasteiger partial charge in [-0.3, -0.25) is 9.69 Å². The van der Waals surface area contributed by atoms with E-state index in [-0.39, 0.29) is 17.6 Å². The van der Waals surface area contributed by atoms with E-state index < -0.39 is 22.7 Å². The predicted molar refractivity (Wildman–Crippen MR) is 113 cm³/mol. The summed E-state index contributed by atoms with van der Waals surface area (Å²) in [7, 11) is 0. The van der Waals surface area contributed by atoms with Crippen molar-refractivity contribution in [1.82, 2.24) is 10.2 Å². The SMILES string of the molecule is C=CCN1CCCC[C@H]1[C@@H](NC(=O)c1cccc(C(F)(F)F)c1Cl)c1ccccc1. The van der Waals surface area contributed by atoms with Crippen molar-refractivity contribution in [2.75, 3.05) is 13.1 Å². The van der Waals surface area contributed by atoms with Gasteiger partial charge in [-0.25, -0.2) is 0 Å². The van der Waals surface area contributed by atoms with Gasteiger partial charge in [0, 0.05) is 12.6 Å². The van der Waals surface area contributed by atoms with Crippen molar-refractivity contribution in [3.63, 3.8) is 0 Å². The molecule has 1 saturated heterocycles. The Balaban J connectivity index is 1.94. The molecule has 2 aromatic rings. The number of amides is 1. The summed E-state index contributed by atoms with van der Waals surface area (Å²) in [4.78, 5) is 15.3. The zero-order chi connectivity index (χ0) is 21.7. The van der Waals surface area contributed by atoms with E-state index in [2.05, 4.69) is 16.8 Å². The molecular formula is C23H24ClF3N2O. The second-order valence-corrected chi connectivity index (χ2v) is 7.75. The van der Waals surface area contributed by atoms with Crippen LogP contribution in [0.1, 0.15) is 46.8 Å². The highest BCUT2D eigenvalue weighted by Crippen LogP contribution is 2.36. The summed E-state index contributed by atoms with van der Waals surface area (Å²) >= 11 is 5.98. The normalized spacial score (nSPS) is 18.6. The van der Waals surface area contributed by atoms with Gasteiger partial charge < -0.3 is 5.32 Å². The second kappa shape index (κ2) is 9.67. The van der Waals surface area contributed by atoms with Crippen LogP contribution in [0.25, 0.3) is 0 Å². The molecule has 1 heterocycles. The summed E-state index contributed by atoms with van der Waals surface area (Å²) in [6.45, 7) is 5.37. The van der Waals surface area contributed by atoms with Crippen LogP contribution in [0.15, 0.2) is 61.2 Å². The molecule has 0 radical (unpaired) electrons. The van der Waals surface area contributed by atoms with Crippen molar-refractivity contribution in [3.05, 3.63) is 82.9 Å². The van der Waals surface area contributed by atoms with Crippen LogP contribution in [0.2, 0.25) is 5.02 Å². The topological polar surface area (TPSA) is 32.3 Å². The van der Waals surface area contributed by atoms with Gasteiger partial charge in [-0.2, -0.15) is 13.2 Å². The fourth-order valence-corrected chi connectivity index (χ4v) is 4.31. The van der Waals surface area contributed by atoms with Gasteiger partial charge in [0.25, 0.3) is 5.91 Å². The molecule has 0 aromatic heterocycles. The predicted octanol–water partition coefficient (Wildman–Crippen LogP) is 5.87. The van der Waals surface area contributed by atoms with Crippen LogP contribution in [-0.2, 0) is 6.18 Å². The average Bonchev–Trinajstić information content (AvgIpc) is 2.72. The number of benzene rings is 2. The molecule has 0 bridgehead atoms. The molecule has 3 rings (SSSR count). The summed E-state index contributed by atoms with van der Waals surface area (Å²) in [5.41, 5.74) is -0.299. The summed E-state index contributed by atoms with van der Waals surface area (Å²) < 4.78 is 39.6. The maximum Gasteiger partial charge on any atom is 0.417 e. The van der Waals surface area contributed by atoms with Gasteiger partial charge >= 0.3 is 6.18 Å². The number of hydrogen-bond donors (Lipinski definition) is 1. The highest BCUT2D eigenvalue weighted by Gasteiger charge is 2.36. The zero-order valence-electron chi connectivity index (χ0n) is 16.5. The number of halogens is 4. The molecule has 30 heavy (non-hydrogen) atoms. The largest absolute Gasteiger partial charge is 0.417 e. The number of nitrogens with one attached hydrogen (secondary N) is 1. The monoisotopic (exact) mass is 436 g/mol. The molecule has 1 aliphatic heterocycles. The number of hydrogen-bond acceptors (Lipinski definition) is 2. The minimum Gasteiger partial charge on any atom is -0.344 e. The lowest BCUT2D eigenvalue weighted by atomic mass is 9.90. The highest BCUT2D eigenvalue weighted by atomic mass is 35.5. The maximum atomic E-state index is 13.2. The zero-order valence-corrected chi connectivity index (χ0v) is 17.2. The van der Waals surface area contributed by atoms with Gasteiger partial charge in [0.1, 0.15) is 0 Å². The number of piperidine rings is 1. The summed E-state index contributed by atoms with van der Waals surface area (Å²) in [6.07, 6.45) is 0.132. The summed E-state index contributed by atoms with van der Waals surface area (Å²) in [5.74, 6) is -0.621. The standard InChI is InChI=1S/C23H24ClF3N2O/c1-2-14-29-15-7-6-13-19(29)21(16-9-4-3-5-10-16)28-22(30)17-11-8-12-18(20(17)24)23(25,26)27/h2-5,8-12,19,21H,1,6-7,13-15H2,(H,28,30)/t19-,21-/m0/s1. The molecule has 0 saturated carbocycles. The third kappa shape index (κ3) is 5.05. The second-order valence-electron chi connectivity index (χ2n) is 7.37. The van der Waals surface area contributed by atoms with E-state index in [9.17, 15) is 18.0 Å². The number of nitrogens with zero attached hydrogens (tertiary/aromatic N) is 1. The van der Waals surface area contributed by atoms with Gasteiger partial charge in [-0.1, -0.05) is 60.5 Å². The van der Waals surface area contributed by atoms with Crippen molar-refractivity contribution < 1.29 is 18.0 Å². The molecule has 1 amide bonds. The lowest BCUT2D eigenvalue weighted by Gasteiger charge is -2.40. The molecular weight excluding hydrogens is 413 g/mol. The molecule has 1 fully saturated rings. The Bertz CT molecular complexity index is 886. The number of carbonyl (C=O) groups excluding carboxylic acids is 1. The van der Waals surface area contributed by atoms with Crippen molar-refractivity contribution in [2.45, 2.75) is 37.5 Å². The van der Waals surface area contributed by atoms with E-state index in [1.165, 1.54) is 12.1 Å². The van der Waals surface area contributed by atoms with Crippen molar-refractivity contribution in [1.29, 1.82) is 0 Å². The average molecular weight is 437 g/mol. The van der Waals surface area contributed by atoms with Gasteiger partial charge in [-0.15, -0.1) is 6.58 Å². The number of carbonyl (C=O) groups is 1. The first-order valence-corrected chi connectivity index (χ1v) is 10.3. The first-order valence-electron chi connectivity index (χ1n) is 9.89. The fraction of sp³-hybridized carbons (Fsp3) is 0.348. The molecule has 0 unspecified atom stereocenters. The number of rotatable bonds is 6. The minimum absolute atomic E-state index is 0.00711. The van der Waals surface area contributed by atoms with Crippen LogP contribution in [0, 0.1) is 0 Å². The van der Waals surface area contributed by atoms with Crippen molar-refractivity contribution in [3.8, 4) is 0 Å². The first-order chi connectivity index (χ1) is 14.3. The Morgan fingerprint density at radius 2 is 1.93 bits per heavy atom. The third-order valence-corrected chi connectivity index (χ3v) is 5.81. The van der Waals surface area contributed by atoms with Gasteiger partial charge in [-0.05, 0) is 37.1 Å². The van der Waals surface area contributed by atoms with Crippen LogP contribution in [-0.4, -0.2) is 29.9 Å². The Hall–Kier alpha value is -2.31. The third-order valence-electron chi connectivity index (χ3n) is 5.41. The van der Waals surface area contributed by atoms with E-state index in [4.69, 9.17) is 11.6 Å². The fourth-order valence-electron chi connectivity index (χ4n) is 3.99. The Morgan fingerprint density at radius 1 is 1.20 bits per heavy atom. The van der Waals surface area contributed by atoms with Gasteiger partial charge in [0.15, 0.2) is 0 Å². The molecule has 3 nitrogen and oxygen atoms in total. The molecule has 0 spiro atoms. The summed E-state index contributed by atoms with van der Waals surface area (Å²) in [6, 6.07) is 12.5. The van der Waals surface area contributed by atoms with E-state index in [1.807, 2.05) is 36.4 Å². The maximum absolute atomic E-state index is 13.2. The van der Waals surface area contributed by atoms with E-state index in [1.54, 1.807) is 0 Å². The quantitative estimate of drug-likeness (QED) is 0.574. The van der Waals surface area contributed by atoms with E-state index >= 15 is 0 Å². The highest BCUT2D eigenvalue weighted by molar-refractivity contribution is 6.34. The van der Waals surface area contributed by atoms with Crippen LogP contribution >= 0.6 is 11.6 Å². The lowest BCUT2D eigenvalue weighted by molar-refractivity contribution is -0.137. The van der Waals surface area contributed by atoms with E-state index in [0.29, 0.717) is 6.54 Å². The van der Waals surface area contributed by atoms with Crippen molar-refractivity contribution >= 4 is 17.5 Å². The Labute approximate surface area is 179 Å². The number of likely N-dealkylation sites (tertiary alicyclic amines) is 1. The van der Waals surface area contributed by atoms with Crippen LogP contribution < -0.4 is 5.32 Å². The molecule has 0 aliphatic carbocycles. The van der Waals surface area contributed by atoms with Crippen LogP contribution in [0.5, 0.6) is 0 Å². The summed E-state index contributed by atoms with van der Waals surface area (Å²) in [5, 5.41) is 2.38. The Kier molecular flexibility index (Phi) is 7.21. The Morgan fingerprint density at radius 3 is 2.60 bits per heavy atom. The van der Waals surface area contributed by atoms with Gasteiger partial charge in [0.05, 0.1) is 22.2 Å². The molecule has 2 atom stereocenters.